The first-order chi connectivity index (χ1) is 14.3. The lowest BCUT2D eigenvalue weighted by molar-refractivity contribution is -0.143. The van der Waals surface area contributed by atoms with Crippen LogP contribution in [-0.2, 0) is 24.1 Å². The summed E-state index contributed by atoms with van der Waals surface area (Å²) < 4.78 is 16.7. The van der Waals surface area contributed by atoms with Crippen molar-refractivity contribution in [3.63, 3.8) is 0 Å². The molecule has 0 amide bonds. The smallest absolute Gasteiger partial charge is 0.316 e. The molecule has 0 saturated carbocycles. The second kappa shape index (κ2) is 9.11. The van der Waals surface area contributed by atoms with Gasteiger partial charge in [0.15, 0.2) is 11.5 Å². The lowest BCUT2D eigenvalue weighted by atomic mass is 9.78. The highest BCUT2D eigenvalue weighted by atomic mass is 16.5. The van der Waals surface area contributed by atoms with E-state index < -0.39 is 5.41 Å². The molecule has 1 atom stereocenters. The van der Waals surface area contributed by atoms with Crippen LogP contribution in [-0.4, -0.2) is 20.2 Å². The molecule has 0 spiro atoms. The first-order valence-corrected chi connectivity index (χ1v) is 10.9. The fourth-order valence-corrected chi connectivity index (χ4v) is 4.12. The SMILES string of the molecule is CCCc1cc(OC)c(OC)cc1[C@H]1CCc2cc(OC(=O)C(C)(C)C)ccc2C1. The quantitative estimate of drug-likeness (QED) is 0.441. The Labute approximate surface area is 180 Å². The molecule has 1 aliphatic carbocycles. The summed E-state index contributed by atoms with van der Waals surface area (Å²) in [6.45, 7) is 7.82. The van der Waals surface area contributed by atoms with Crippen LogP contribution >= 0.6 is 0 Å². The van der Waals surface area contributed by atoms with Gasteiger partial charge in [0.05, 0.1) is 19.6 Å². The highest BCUT2D eigenvalue weighted by Gasteiger charge is 2.26. The molecule has 0 aromatic heterocycles. The highest BCUT2D eigenvalue weighted by molar-refractivity contribution is 5.77. The Balaban J connectivity index is 1.85. The third-order valence-electron chi connectivity index (χ3n) is 5.83. The monoisotopic (exact) mass is 410 g/mol. The maximum absolute atomic E-state index is 12.2. The lowest BCUT2D eigenvalue weighted by Crippen LogP contribution is -2.25. The number of fused-ring (bicyclic) bond motifs is 1. The minimum Gasteiger partial charge on any atom is -0.493 e. The average Bonchev–Trinajstić information content (AvgIpc) is 2.72. The van der Waals surface area contributed by atoms with Crippen LogP contribution in [0, 0.1) is 5.41 Å². The van der Waals surface area contributed by atoms with E-state index in [-0.39, 0.29) is 5.97 Å². The van der Waals surface area contributed by atoms with Crippen LogP contribution in [0.1, 0.15) is 68.7 Å². The predicted molar refractivity (Wildman–Crippen MR) is 120 cm³/mol. The van der Waals surface area contributed by atoms with E-state index in [0.717, 1.165) is 43.6 Å². The molecule has 4 heteroatoms. The van der Waals surface area contributed by atoms with Gasteiger partial charge in [0.1, 0.15) is 5.75 Å². The third kappa shape index (κ3) is 4.80. The van der Waals surface area contributed by atoms with Gasteiger partial charge in [-0.15, -0.1) is 0 Å². The summed E-state index contributed by atoms with van der Waals surface area (Å²) in [7, 11) is 3.38. The normalized spacial score (nSPS) is 16.0. The summed E-state index contributed by atoms with van der Waals surface area (Å²) in [5, 5.41) is 0. The molecule has 3 rings (SSSR count). The number of hydrogen-bond donors (Lipinski definition) is 0. The van der Waals surface area contributed by atoms with Gasteiger partial charge in [0.2, 0.25) is 0 Å². The molecule has 0 aliphatic heterocycles. The van der Waals surface area contributed by atoms with E-state index in [2.05, 4.69) is 25.1 Å². The zero-order valence-corrected chi connectivity index (χ0v) is 19.1. The largest absolute Gasteiger partial charge is 0.493 e. The van der Waals surface area contributed by atoms with Crippen molar-refractivity contribution in [2.24, 2.45) is 5.41 Å². The van der Waals surface area contributed by atoms with Gasteiger partial charge in [-0.25, -0.2) is 0 Å². The van der Waals surface area contributed by atoms with Crippen molar-refractivity contribution < 1.29 is 19.0 Å². The first kappa shape index (κ1) is 22.2. The van der Waals surface area contributed by atoms with Crippen molar-refractivity contribution in [2.75, 3.05) is 14.2 Å². The molecule has 0 heterocycles. The third-order valence-corrected chi connectivity index (χ3v) is 5.83. The number of carbonyl (C=O) groups excluding carboxylic acids is 1. The van der Waals surface area contributed by atoms with E-state index in [9.17, 15) is 4.79 Å². The Morgan fingerprint density at radius 2 is 1.73 bits per heavy atom. The number of esters is 1. The van der Waals surface area contributed by atoms with Crippen molar-refractivity contribution in [3.05, 3.63) is 52.6 Å². The molecule has 0 bridgehead atoms. The molecule has 0 radical (unpaired) electrons. The molecule has 4 nitrogen and oxygen atoms in total. The molecular weight excluding hydrogens is 376 g/mol. The van der Waals surface area contributed by atoms with E-state index >= 15 is 0 Å². The molecule has 2 aromatic carbocycles. The van der Waals surface area contributed by atoms with E-state index in [1.54, 1.807) is 14.2 Å². The van der Waals surface area contributed by atoms with Crippen LogP contribution in [0.25, 0.3) is 0 Å². The number of rotatable bonds is 6. The zero-order valence-electron chi connectivity index (χ0n) is 19.1. The second-order valence-corrected chi connectivity index (χ2v) is 9.17. The number of hydrogen-bond acceptors (Lipinski definition) is 4. The number of aryl methyl sites for hydroxylation is 2. The van der Waals surface area contributed by atoms with Gasteiger partial charge in [-0.3, -0.25) is 4.79 Å². The summed E-state index contributed by atoms with van der Waals surface area (Å²) in [5.74, 6) is 2.48. The maximum Gasteiger partial charge on any atom is 0.316 e. The van der Waals surface area contributed by atoms with Crippen molar-refractivity contribution >= 4 is 5.97 Å². The van der Waals surface area contributed by atoms with E-state index in [0.29, 0.717) is 11.7 Å². The number of carbonyl (C=O) groups is 1. The summed E-state index contributed by atoms with van der Waals surface area (Å²) in [6, 6.07) is 10.4. The van der Waals surface area contributed by atoms with Crippen LogP contribution < -0.4 is 14.2 Å². The summed E-state index contributed by atoms with van der Waals surface area (Å²) in [6.07, 6.45) is 5.14. The molecule has 162 valence electrons. The Bertz CT molecular complexity index is 908. The van der Waals surface area contributed by atoms with Gasteiger partial charge in [0, 0.05) is 0 Å². The summed E-state index contributed by atoms with van der Waals surface area (Å²) in [4.78, 5) is 12.2. The molecule has 1 aliphatic rings. The van der Waals surface area contributed by atoms with Crippen molar-refractivity contribution in [2.45, 2.75) is 65.7 Å². The Morgan fingerprint density at radius 3 is 2.37 bits per heavy atom. The average molecular weight is 411 g/mol. The Kier molecular flexibility index (Phi) is 6.74. The van der Waals surface area contributed by atoms with Gasteiger partial charge in [-0.2, -0.15) is 0 Å². The predicted octanol–water partition coefficient (Wildman–Crippen LogP) is 5.88. The van der Waals surface area contributed by atoms with Crippen LogP contribution in [0.3, 0.4) is 0 Å². The van der Waals surface area contributed by atoms with Crippen LogP contribution in [0.15, 0.2) is 30.3 Å². The standard InChI is InChI=1S/C26H34O4/c1-7-8-19-15-23(28-5)24(29-6)16-22(19)20-10-9-18-14-21(12-11-17(18)13-20)30-25(27)26(2,3)4/h11-12,14-16,20H,7-10,13H2,1-6H3/t20-/m0/s1. The lowest BCUT2D eigenvalue weighted by Gasteiger charge is -2.28. The van der Waals surface area contributed by atoms with Crippen LogP contribution in [0.2, 0.25) is 0 Å². The maximum atomic E-state index is 12.2. The molecular formula is C26H34O4. The van der Waals surface area contributed by atoms with Gasteiger partial charge in [-0.1, -0.05) is 19.4 Å². The van der Waals surface area contributed by atoms with E-state index in [1.807, 2.05) is 32.9 Å². The van der Waals surface area contributed by atoms with E-state index in [4.69, 9.17) is 14.2 Å². The topological polar surface area (TPSA) is 44.8 Å². The molecule has 0 fully saturated rings. The molecule has 0 N–H and O–H groups in total. The van der Waals surface area contributed by atoms with E-state index in [1.165, 1.54) is 22.3 Å². The Hall–Kier alpha value is -2.49. The molecule has 2 aromatic rings. The van der Waals surface area contributed by atoms with Crippen LogP contribution in [0.5, 0.6) is 17.2 Å². The highest BCUT2D eigenvalue weighted by Crippen LogP contribution is 2.40. The minimum absolute atomic E-state index is 0.203. The number of ether oxygens (including phenoxy) is 3. The van der Waals surface area contributed by atoms with Crippen molar-refractivity contribution in [1.82, 2.24) is 0 Å². The van der Waals surface area contributed by atoms with Crippen molar-refractivity contribution in [3.8, 4) is 17.2 Å². The van der Waals surface area contributed by atoms with Gasteiger partial charge in [0.25, 0.3) is 0 Å². The van der Waals surface area contributed by atoms with Gasteiger partial charge in [-0.05, 0) is 98.9 Å². The van der Waals surface area contributed by atoms with Crippen LogP contribution in [0.4, 0.5) is 0 Å². The van der Waals surface area contributed by atoms with Gasteiger partial charge < -0.3 is 14.2 Å². The first-order valence-electron chi connectivity index (χ1n) is 10.9. The molecule has 0 saturated heterocycles. The summed E-state index contributed by atoms with van der Waals surface area (Å²) in [5.41, 5.74) is 4.81. The molecule has 0 unspecified atom stereocenters. The Morgan fingerprint density at radius 1 is 1.03 bits per heavy atom. The summed E-state index contributed by atoms with van der Waals surface area (Å²) >= 11 is 0. The molecule has 30 heavy (non-hydrogen) atoms. The fraction of sp³-hybridized carbons (Fsp3) is 0.500. The van der Waals surface area contributed by atoms with Gasteiger partial charge >= 0.3 is 5.97 Å². The number of methoxy groups -OCH3 is 2. The number of benzene rings is 2. The second-order valence-electron chi connectivity index (χ2n) is 9.17. The fourth-order valence-electron chi connectivity index (χ4n) is 4.12. The minimum atomic E-state index is -0.510. The van der Waals surface area contributed by atoms with Crippen molar-refractivity contribution in [1.29, 1.82) is 0 Å². The zero-order chi connectivity index (χ0) is 21.9.